The predicted octanol–water partition coefficient (Wildman–Crippen LogP) is 2.51. The lowest BCUT2D eigenvalue weighted by Gasteiger charge is -2.17. The van der Waals surface area contributed by atoms with Crippen LogP contribution in [0.15, 0.2) is 22.7 Å². The molecule has 1 heterocycles. The summed E-state index contributed by atoms with van der Waals surface area (Å²) in [6.07, 6.45) is 1.89. The second kappa shape index (κ2) is 4.96. The highest BCUT2D eigenvalue weighted by molar-refractivity contribution is 9.10. The van der Waals surface area contributed by atoms with E-state index in [1.165, 1.54) is 4.31 Å². The summed E-state index contributed by atoms with van der Waals surface area (Å²) >= 11 is 3.39. The van der Waals surface area contributed by atoms with Crippen LogP contribution in [0.25, 0.3) is 0 Å². The van der Waals surface area contributed by atoms with Gasteiger partial charge in [-0.25, -0.2) is 0 Å². The molecule has 0 radical (unpaired) electrons. The van der Waals surface area contributed by atoms with Crippen molar-refractivity contribution in [2.75, 3.05) is 17.8 Å². The van der Waals surface area contributed by atoms with Crippen LogP contribution in [0.2, 0.25) is 0 Å². The Morgan fingerprint density at radius 3 is 2.53 bits per heavy atom. The second-order valence-electron chi connectivity index (χ2n) is 4.18. The van der Waals surface area contributed by atoms with Crippen LogP contribution in [0.3, 0.4) is 0 Å². The first-order chi connectivity index (χ1) is 7.99. The van der Waals surface area contributed by atoms with Gasteiger partial charge in [0.25, 0.3) is 0 Å². The monoisotopic (exact) mass is 318 g/mol. The zero-order valence-electron chi connectivity index (χ0n) is 9.61. The van der Waals surface area contributed by atoms with Crippen molar-refractivity contribution in [1.29, 1.82) is 0 Å². The van der Waals surface area contributed by atoms with E-state index in [-0.39, 0.29) is 0 Å². The third-order valence-corrected chi connectivity index (χ3v) is 5.24. The van der Waals surface area contributed by atoms with E-state index in [2.05, 4.69) is 20.7 Å². The van der Waals surface area contributed by atoms with Crippen LogP contribution in [0.4, 0.5) is 5.69 Å². The fraction of sp³-hybridized carbons (Fsp3) is 0.455. The van der Waals surface area contributed by atoms with Gasteiger partial charge in [-0.05, 0) is 43.5 Å². The van der Waals surface area contributed by atoms with Crippen molar-refractivity contribution in [3.63, 3.8) is 0 Å². The summed E-state index contributed by atoms with van der Waals surface area (Å²) in [7, 11) is -3.37. The Kier molecular flexibility index (Phi) is 3.75. The molecule has 0 aromatic heterocycles. The van der Waals surface area contributed by atoms with Crippen LogP contribution in [-0.4, -0.2) is 25.8 Å². The largest absolute Gasteiger partial charge is 0.301 e. The molecule has 2 rings (SSSR count). The molecular formula is C11H15BrN2O2S. The first-order valence-electron chi connectivity index (χ1n) is 5.53. The highest BCUT2D eigenvalue weighted by atomic mass is 79.9. The van der Waals surface area contributed by atoms with Crippen molar-refractivity contribution in [3.05, 3.63) is 28.2 Å². The molecule has 1 saturated heterocycles. The van der Waals surface area contributed by atoms with Crippen molar-refractivity contribution < 1.29 is 8.42 Å². The average molecular weight is 319 g/mol. The second-order valence-corrected chi connectivity index (χ2v) is 6.70. The topological polar surface area (TPSA) is 49.4 Å². The third kappa shape index (κ3) is 3.00. The Morgan fingerprint density at radius 1 is 1.29 bits per heavy atom. The molecule has 0 bridgehead atoms. The number of nitrogens with zero attached hydrogens (tertiary/aromatic N) is 1. The number of rotatable bonds is 3. The molecule has 1 aromatic rings. The van der Waals surface area contributed by atoms with Crippen molar-refractivity contribution in [2.24, 2.45) is 0 Å². The number of aryl methyl sites for hydroxylation is 1. The lowest BCUT2D eigenvalue weighted by molar-refractivity contribution is 0.482. The summed E-state index contributed by atoms with van der Waals surface area (Å²) in [5.41, 5.74) is 1.62. The third-order valence-electron chi connectivity index (χ3n) is 2.81. The van der Waals surface area contributed by atoms with Gasteiger partial charge in [-0.2, -0.15) is 12.7 Å². The maximum Gasteiger partial charge on any atom is 0.301 e. The minimum atomic E-state index is -3.37. The van der Waals surface area contributed by atoms with Crippen LogP contribution in [0, 0.1) is 6.92 Å². The first-order valence-corrected chi connectivity index (χ1v) is 7.76. The summed E-state index contributed by atoms with van der Waals surface area (Å²) in [4.78, 5) is 0. The van der Waals surface area contributed by atoms with E-state index in [9.17, 15) is 8.42 Å². The molecule has 6 heteroatoms. The molecule has 0 atom stereocenters. The Bertz CT molecular complexity index is 510. The molecule has 1 aromatic carbocycles. The minimum absolute atomic E-state index is 0.609. The summed E-state index contributed by atoms with van der Waals surface area (Å²) in [6.45, 7) is 3.16. The van der Waals surface area contributed by atoms with E-state index in [1.807, 2.05) is 19.1 Å². The molecule has 0 spiro atoms. The van der Waals surface area contributed by atoms with Crippen LogP contribution >= 0.6 is 15.9 Å². The molecule has 94 valence electrons. The van der Waals surface area contributed by atoms with Gasteiger partial charge in [0.05, 0.1) is 5.69 Å². The molecule has 1 N–H and O–H groups in total. The van der Waals surface area contributed by atoms with Gasteiger partial charge in [0.15, 0.2) is 0 Å². The SMILES string of the molecule is Cc1cc(NS(=O)(=O)N2CCCC2)ccc1Br. The molecular weight excluding hydrogens is 304 g/mol. The zero-order chi connectivity index (χ0) is 12.5. The van der Waals surface area contributed by atoms with Crippen LogP contribution in [0.5, 0.6) is 0 Å². The smallest absolute Gasteiger partial charge is 0.271 e. The predicted molar refractivity (Wildman–Crippen MR) is 72.2 cm³/mol. The van der Waals surface area contributed by atoms with Crippen molar-refractivity contribution in [2.45, 2.75) is 19.8 Å². The number of halogens is 1. The molecule has 17 heavy (non-hydrogen) atoms. The van der Waals surface area contributed by atoms with E-state index in [0.717, 1.165) is 22.9 Å². The van der Waals surface area contributed by atoms with E-state index in [0.29, 0.717) is 18.8 Å². The van der Waals surface area contributed by atoms with Gasteiger partial charge in [0.1, 0.15) is 0 Å². The lowest BCUT2D eigenvalue weighted by atomic mass is 10.2. The number of hydrogen-bond donors (Lipinski definition) is 1. The molecule has 1 fully saturated rings. The van der Waals surface area contributed by atoms with Crippen LogP contribution < -0.4 is 4.72 Å². The fourth-order valence-electron chi connectivity index (χ4n) is 1.85. The molecule has 1 aliphatic rings. The Hall–Kier alpha value is -0.590. The number of anilines is 1. The number of hydrogen-bond acceptors (Lipinski definition) is 2. The van der Waals surface area contributed by atoms with Gasteiger partial charge in [0.2, 0.25) is 0 Å². The average Bonchev–Trinajstić information content (AvgIpc) is 2.77. The van der Waals surface area contributed by atoms with E-state index < -0.39 is 10.2 Å². The maximum absolute atomic E-state index is 12.0. The Morgan fingerprint density at radius 2 is 1.94 bits per heavy atom. The molecule has 0 unspecified atom stereocenters. The number of benzene rings is 1. The standard InChI is InChI=1S/C11H15BrN2O2S/c1-9-8-10(4-5-11(9)12)13-17(15,16)14-6-2-3-7-14/h4-5,8,13H,2-3,6-7H2,1H3. The molecule has 0 aliphatic carbocycles. The van der Waals surface area contributed by atoms with E-state index >= 15 is 0 Å². The van der Waals surface area contributed by atoms with Crippen molar-refractivity contribution >= 4 is 31.8 Å². The van der Waals surface area contributed by atoms with E-state index in [4.69, 9.17) is 0 Å². The van der Waals surface area contributed by atoms with Crippen LogP contribution in [-0.2, 0) is 10.2 Å². The first kappa shape index (κ1) is 12.9. The highest BCUT2D eigenvalue weighted by Crippen LogP contribution is 2.22. The maximum atomic E-state index is 12.0. The quantitative estimate of drug-likeness (QED) is 0.931. The summed E-state index contributed by atoms with van der Waals surface area (Å²) in [5, 5.41) is 0. The van der Waals surface area contributed by atoms with Gasteiger partial charge in [-0.3, -0.25) is 4.72 Å². The van der Waals surface area contributed by atoms with Gasteiger partial charge < -0.3 is 0 Å². The Labute approximate surface area is 110 Å². The highest BCUT2D eigenvalue weighted by Gasteiger charge is 2.24. The van der Waals surface area contributed by atoms with Crippen molar-refractivity contribution in [3.8, 4) is 0 Å². The lowest BCUT2D eigenvalue weighted by Crippen LogP contribution is -2.33. The molecule has 0 saturated carbocycles. The number of nitrogens with one attached hydrogen (secondary N) is 1. The van der Waals surface area contributed by atoms with Gasteiger partial charge >= 0.3 is 10.2 Å². The summed E-state index contributed by atoms with van der Waals surface area (Å²) in [6, 6.07) is 5.42. The van der Waals surface area contributed by atoms with Gasteiger partial charge in [0, 0.05) is 17.6 Å². The fourth-order valence-corrected chi connectivity index (χ4v) is 3.39. The minimum Gasteiger partial charge on any atom is -0.271 e. The van der Waals surface area contributed by atoms with Crippen molar-refractivity contribution in [1.82, 2.24) is 4.31 Å². The molecule has 0 amide bonds. The normalized spacial score (nSPS) is 17.3. The van der Waals surface area contributed by atoms with Crippen LogP contribution in [0.1, 0.15) is 18.4 Å². The Balaban J connectivity index is 2.17. The van der Waals surface area contributed by atoms with E-state index in [1.54, 1.807) is 6.07 Å². The zero-order valence-corrected chi connectivity index (χ0v) is 12.0. The molecule has 4 nitrogen and oxygen atoms in total. The molecule has 1 aliphatic heterocycles. The summed E-state index contributed by atoms with van der Waals surface area (Å²) < 4.78 is 29.1. The summed E-state index contributed by atoms with van der Waals surface area (Å²) in [5.74, 6) is 0. The van der Waals surface area contributed by atoms with Gasteiger partial charge in [-0.15, -0.1) is 0 Å². The van der Waals surface area contributed by atoms with Gasteiger partial charge in [-0.1, -0.05) is 15.9 Å².